The molecule has 0 fully saturated rings. The predicted octanol–water partition coefficient (Wildman–Crippen LogP) is 2.60. The van der Waals surface area contributed by atoms with Crippen molar-refractivity contribution in [3.05, 3.63) is 54.1 Å². The van der Waals surface area contributed by atoms with E-state index in [1.165, 1.54) is 38.3 Å². The third-order valence-electron chi connectivity index (χ3n) is 3.61. The third kappa shape index (κ3) is 5.46. The van der Waals surface area contributed by atoms with Gasteiger partial charge in [-0.2, -0.15) is 0 Å². The first-order valence-electron chi connectivity index (χ1n) is 8.41. The molecule has 0 radical (unpaired) electrons. The van der Waals surface area contributed by atoms with Crippen LogP contribution in [0.25, 0.3) is 0 Å². The minimum absolute atomic E-state index is 0.00896. The number of sulfonamides is 1. The molecule has 2 aromatic carbocycles. The summed E-state index contributed by atoms with van der Waals surface area (Å²) in [6, 6.07) is 11.7. The van der Waals surface area contributed by atoms with Gasteiger partial charge < -0.3 is 14.2 Å². The van der Waals surface area contributed by atoms with Gasteiger partial charge in [0.05, 0.1) is 24.2 Å². The lowest BCUT2D eigenvalue weighted by Crippen LogP contribution is -2.25. The average Bonchev–Trinajstić information content (AvgIpc) is 2.68. The van der Waals surface area contributed by atoms with Gasteiger partial charge in [0.15, 0.2) is 6.10 Å². The molecular weight excluding hydrogens is 386 g/mol. The molecule has 2 aromatic rings. The van der Waals surface area contributed by atoms with Crippen molar-refractivity contribution < 1.29 is 32.2 Å². The van der Waals surface area contributed by atoms with E-state index in [-0.39, 0.29) is 10.5 Å². The van der Waals surface area contributed by atoms with Crippen LogP contribution in [0.4, 0.5) is 5.69 Å². The van der Waals surface area contributed by atoms with Gasteiger partial charge in [0.2, 0.25) is 0 Å². The molecule has 0 heterocycles. The van der Waals surface area contributed by atoms with Crippen LogP contribution in [0.5, 0.6) is 5.75 Å². The minimum atomic E-state index is -3.93. The Bertz CT molecular complexity index is 939. The smallest absolute Gasteiger partial charge is 0.346 e. The number of hydrogen-bond acceptors (Lipinski definition) is 7. The SMILES string of the molecule is CCOc1ccc(NS(=O)(=O)c2cccc(C(=O)O[C@@H](C)C(=O)OC)c2)cc1. The van der Waals surface area contributed by atoms with Crippen molar-refractivity contribution in [3.63, 3.8) is 0 Å². The number of nitrogens with one attached hydrogen (secondary N) is 1. The molecule has 9 heteroatoms. The van der Waals surface area contributed by atoms with Crippen molar-refractivity contribution in [2.24, 2.45) is 0 Å². The number of rotatable bonds is 8. The zero-order valence-corrected chi connectivity index (χ0v) is 16.5. The predicted molar refractivity (Wildman–Crippen MR) is 102 cm³/mol. The van der Waals surface area contributed by atoms with E-state index in [4.69, 9.17) is 9.47 Å². The Hall–Kier alpha value is -3.07. The Morgan fingerprint density at radius 3 is 2.39 bits per heavy atom. The fourth-order valence-electron chi connectivity index (χ4n) is 2.23. The largest absolute Gasteiger partial charge is 0.494 e. The van der Waals surface area contributed by atoms with E-state index in [0.717, 1.165) is 0 Å². The zero-order valence-electron chi connectivity index (χ0n) is 15.7. The normalized spacial score (nSPS) is 12.0. The Labute approximate surface area is 163 Å². The summed E-state index contributed by atoms with van der Waals surface area (Å²) in [4.78, 5) is 23.4. The van der Waals surface area contributed by atoms with E-state index in [2.05, 4.69) is 9.46 Å². The average molecular weight is 407 g/mol. The molecule has 0 aliphatic carbocycles. The number of benzene rings is 2. The molecule has 0 amide bonds. The van der Waals surface area contributed by atoms with Crippen molar-refractivity contribution in [3.8, 4) is 5.75 Å². The molecule has 0 unspecified atom stereocenters. The number of anilines is 1. The molecule has 0 aliphatic rings. The van der Waals surface area contributed by atoms with E-state index >= 15 is 0 Å². The first kappa shape index (κ1) is 21.2. The number of ether oxygens (including phenoxy) is 3. The first-order valence-corrected chi connectivity index (χ1v) is 9.89. The van der Waals surface area contributed by atoms with Gasteiger partial charge in [-0.05, 0) is 56.3 Å². The maximum Gasteiger partial charge on any atom is 0.346 e. The summed E-state index contributed by atoms with van der Waals surface area (Å²) in [5.41, 5.74) is 0.334. The molecule has 0 aliphatic heterocycles. The summed E-state index contributed by atoms with van der Waals surface area (Å²) in [5, 5.41) is 0. The van der Waals surface area contributed by atoms with E-state index < -0.39 is 28.1 Å². The Morgan fingerprint density at radius 2 is 1.79 bits per heavy atom. The van der Waals surface area contributed by atoms with Gasteiger partial charge in [-0.25, -0.2) is 18.0 Å². The molecule has 0 aromatic heterocycles. The Morgan fingerprint density at radius 1 is 1.11 bits per heavy atom. The molecule has 2 rings (SSSR count). The maximum atomic E-state index is 12.6. The van der Waals surface area contributed by atoms with Gasteiger partial charge in [-0.3, -0.25) is 4.72 Å². The number of methoxy groups -OCH3 is 1. The van der Waals surface area contributed by atoms with E-state index in [1.807, 2.05) is 6.92 Å². The van der Waals surface area contributed by atoms with Gasteiger partial charge in [-0.1, -0.05) is 6.07 Å². The lowest BCUT2D eigenvalue weighted by molar-refractivity contribution is -0.149. The fraction of sp³-hybridized carbons (Fsp3) is 0.263. The second-order valence-corrected chi connectivity index (χ2v) is 7.34. The van der Waals surface area contributed by atoms with Crippen LogP contribution in [0.15, 0.2) is 53.4 Å². The second kappa shape index (κ2) is 9.23. The fourth-order valence-corrected chi connectivity index (χ4v) is 3.34. The van der Waals surface area contributed by atoms with Crippen LogP contribution in [0.2, 0.25) is 0 Å². The summed E-state index contributed by atoms with van der Waals surface area (Å²) in [7, 11) is -2.76. The zero-order chi connectivity index (χ0) is 20.7. The van der Waals surface area contributed by atoms with E-state index in [0.29, 0.717) is 18.0 Å². The van der Waals surface area contributed by atoms with Crippen LogP contribution < -0.4 is 9.46 Å². The summed E-state index contributed by atoms with van der Waals surface area (Å²) in [6.07, 6.45) is -1.11. The van der Waals surface area contributed by atoms with Gasteiger partial charge in [0.25, 0.3) is 10.0 Å². The summed E-state index contributed by atoms with van der Waals surface area (Å²) >= 11 is 0. The number of hydrogen-bond donors (Lipinski definition) is 1. The molecule has 8 nitrogen and oxygen atoms in total. The Balaban J connectivity index is 2.16. The van der Waals surface area contributed by atoms with Gasteiger partial charge in [0, 0.05) is 5.69 Å². The highest BCUT2D eigenvalue weighted by atomic mass is 32.2. The van der Waals surface area contributed by atoms with Gasteiger partial charge in [0.1, 0.15) is 5.75 Å². The Kier molecular flexibility index (Phi) is 7.00. The lowest BCUT2D eigenvalue weighted by Gasteiger charge is -2.12. The van der Waals surface area contributed by atoms with Crippen molar-refractivity contribution in [1.29, 1.82) is 0 Å². The summed E-state index contributed by atoms with van der Waals surface area (Å²) < 4.78 is 42.4. The number of esters is 2. The monoisotopic (exact) mass is 407 g/mol. The van der Waals surface area contributed by atoms with Crippen LogP contribution in [-0.2, 0) is 24.3 Å². The topological polar surface area (TPSA) is 108 Å². The molecule has 0 spiro atoms. The number of carbonyl (C=O) groups is 2. The summed E-state index contributed by atoms with van der Waals surface area (Å²) in [6.45, 7) is 3.71. The molecule has 150 valence electrons. The highest BCUT2D eigenvalue weighted by Gasteiger charge is 2.21. The minimum Gasteiger partial charge on any atom is -0.494 e. The van der Waals surface area contributed by atoms with E-state index in [9.17, 15) is 18.0 Å². The third-order valence-corrected chi connectivity index (χ3v) is 4.99. The van der Waals surface area contributed by atoms with Crippen LogP contribution in [-0.4, -0.2) is 40.2 Å². The second-order valence-electron chi connectivity index (χ2n) is 5.66. The molecule has 1 N–H and O–H groups in total. The molecular formula is C19H21NO7S. The van der Waals surface area contributed by atoms with Crippen molar-refractivity contribution in [2.75, 3.05) is 18.4 Å². The quantitative estimate of drug-likeness (QED) is 0.670. The molecule has 28 heavy (non-hydrogen) atoms. The van der Waals surface area contributed by atoms with Crippen LogP contribution in [0.1, 0.15) is 24.2 Å². The highest BCUT2D eigenvalue weighted by molar-refractivity contribution is 7.92. The first-order chi connectivity index (χ1) is 13.3. The van der Waals surface area contributed by atoms with E-state index in [1.54, 1.807) is 24.3 Å². The van der Waals surface area contributed by atoms with Gasteiger partial charge in [-0.15, -0.1) is 0 Å². The lowest BCUT2D eigenvalue weighted by atomic mass is 10.2. The summed E-state index contributed by atoms with van der Waals surface area (Å²) in [5.74, 6) is -0.930. The van der Waals surface area contributed by atoms with Crippen molar-refractivity contribution in [2.45, 2.75) is 24.8 Å². The maximum absolute atomic E-state index is 12.6. The van der Waals surface area contributed by atoms with Gasteiger partial charge >= 0.3 is 11.9 Å². The van der Waals surface area contributed by atoms with Crippen LogP contribution in [0, 0.1) is 0 Å². The molecule has 0 bridgehead atoms. The molecule has 0 saturated heterocycles. The van der Waals surface area contributed by atoms with Crippen LogP contribution >= 0.6 is 0 Å². The van der Waals surface area contributed by atoms with Crippen molar-refractivity contribution in [1.82, 2.24) is 0 Å². The molecule has 0 saturated carbocycles. The highest BCUT2D eigenvalue weighted by Crippen LogP contribution is 2.20. The van der Waals surface area contributed by atoms with Crippen molar-refractivity contribution >= 4 is 27.6 Å². The number of carbonyl (C=O) groups excluding carboxylic acids is 2. The standard InChI is InChI=1S/C19H21NO7S/c1-4-26-16-10-8-15(9-11-16)20-28(23,24)17-7-5-6-14(12-17)19(22)27-13(2)18(21)25-3/h5-13,20H,4H2,1-3H3/t13-/m0/s1. The van der Waals surface area contributed by atoms with Crippen LogP contribution in [0.3, 0.4) is 0 Å². The molecule has 1 atom stereocenters.